The third-order valence-corrected chi connectivity index (χ3v) is 4.56. The first-order valence-corrected chi connectivity index (χ1v) is 8.97. The number of phenols is 1. The fourth-order valence-corrected chi connectivity index (χ4v) is 2.96. The number of amides is 2. The van der Waals surface area contributed by atoms with E-state index in [1.807, 2.05) is 6.07 Å². The van der Waals surface area contributed by atoms with Crippen LogP contribution in [-0.4, -0.2) is 33.9 Å². The summed E-state index contributed by atoms with van der Waals surface area (Å²) < 4.78 is 5.76. The van der Waals surface area contributed by atoms with Crippen molar-refractivity contribution in [2.75, 3.05) is 11.9 Å². The molecule has 0 unspecified atom stereocenters. The number of urea groups is 1. The van der Waals surface area contributed by atoms with Crippen molar-refractivity contribution in [1.29, 1.82) is 0 Å². The molecule has 1 aliphatic carbocycles. The van der Waals surface area contributed by atoms with Crippen molar-refractivity contribution in [2.45, 2.75) is 31.2 Å². The van der Waals surface area contributed by atoms with Crippen molar-refractivity contribution in [1.82, 2.24) is 10.3 Å². The molecule has 1 saturated carbocycles. The van der Waals surface area contributed by atoms with E-state index in [-0.39, 0.29) is 12.4 Å². The number of aliphatic hydroxyl groups excluding tert-OH is 1. The average Bonchev–Trinajstić information content (AvgIpc) is 3.42. The SMILES string of the molecule is O=C(Nc1ccc2nc(C3CC3)oc2c1)N[C@H](CO)Cc1ccc(O)cc1. The molecule has 4 rings (SSSR count). The van der Waals surface area contributed by atoms with Crippen LogP contribution in [0.1, 0.15) is 30.2 Å². The first-order valence-electron chi connectivity index (χ1n) is 8.97. The lowest BCUT2D eigenvalue weighted by Gasteiger charge is -2.17. The van der Waals surface area contributed by atoms with Crippen molar-refractivity contribution in [2.24, 2.45) is 0 Å². The number of phenolic OH excluding ortho intramolecular Hbond substituents is 1. The van der Waals surface area contributed by atoms with Crippen molar-refractivity contribution >= 4 is 22.8 Å². The Morgan fingerprint density at radius 1 is 1.22 bits per heavy atom. The molecule has 7 heteroatoms. The van der Waals surface area contributed by atoms with Gasteiger partial charge in [0.05, 0.1) is 12.6 Å². The molecule has 0 radical (unpaired) electrons. The van der Waals surface area contributed by atoms with Crippen LogP contribution in [0.2, 0.25) is 0 Å². The average molecular weight is 367 g/mol. The fraction of sp³-hybridized carbons (Fsp3) is 0.300. The molecule has 1 heterocycles. The molecular formula is C20H21N3O4. The van der Waals surface area contributed by atoms with Gasteiger partial charge in [-0.2, -0.15) is 0 Å². The molecule has 0 aliphatic heterocycles. The van der Waals surface area contributed by atoms with Gasteiger partial charge in [0.25, 0.3) is 0 Å². The summed E-state index contributed by atoms with van der Waals surface area (Å²) in [6.07, 6.45) is 2.68. The Hall–Kier alpha value is -3.06. The molecule has 4 N–H and O–H groups in total. The summed E-state index contributed by atoms with van der Waals surface area (Å²) in [5, 5.41) is 24.4. The van der Waals surface area contributed by atoms with Gasteiger partial charge in [-0.15, -0.1) is 0 Å². The van der Waals surface area contributed by atoms with E-state index in [0.717, 1.165) is 29.8 Å². The largest absolute Gasteiger partial charge is 0.508 e. The maximum Gasteiger partial charge on any atom is 0.319 e. The predicted molar refractivity (Wildman–Crippen MR) is 101 cm³/mol. The lowest BCUT2D eigenvalue weighted by molar-refractivity contribution is 0.224. The highest BCUT2D eigenvalue weighted by molar-refractivity contribution is 5.91. The van der Waals surface area contributed by atoms with Crippen LogP contribution in [0.4, 0.5) is 10.5 Å². The summed E-state index contributed by atoms with van der Waals surface area (Å²) in [6.45, 7) is -0.194. The highest BCUT2D eigenvalue weighted by Crippen LogP contribution is 2.40. The first kappa shape index (κ1) is 17.4. The molecule has 2 aromatic carbocycles. The van der Waals surface area contributed by atoms with E-state index in [4.69, 9.17) is 4.42 Å². The van der Waals surface area contributed by atoms with Crippen molar-refractivity contribution in [3.05, 3.63) is 53.9 Å². The number of benzene rings is 2. The molecule has 27 heavy (non-hydrogen) atoms. The lowest BCUT2D eigenvalue weighted by Crippen LogP contribution is -2.41. The Labute approximate surface area is 156 Å². The number of hydrogen-bond donors (Lipinski definition) is 4. The maximum atomic E-state index is 12.3. The number of aromatic hydroxyl groups is 1. The van der Waals surface area contributed by atoms with Crippen LogP contribution in [0.25, 0.3) is 11.1 Å². The molecule has 1 aromatic heterocycles. The minimum atomic E-state index is -0.440. The van der Waals surface area contributed by atoms with E-state index in [1.165, 1.54) is 0 Å². The molecule has 3 aromatic rings. The highest BCUT2D eigenvalue weighted by atomic mass is 16.3. The zero-order valence-electron chi connectivity index (χ0n) is 14.7. The summed E-state index contributed by atoms with van der Waals surface area (Å²) in [5.41, 5.74) is 2.93. The van der Waals surface area contributed by atoms with Gasteiger partial charge in [-0.1, -0.05) is 12.1 Å². The Morgan fingerprint density at radius 2 is 2.00 bits per heavy atom. The molecular weight excluding hydrogens is 346 g/mol. The first-order chi connectivity index (χ1) is 13.1. The van der Waals surface area contributed by atoms with Gasteiger partial charge in [0.2, 0.25) is 0 Å². The van der Waals surface area contributed by atoms with Crippen LogP contribution in [0.3, 0.4) is 0 Å². The second-order valence-electron chi connectivity index (χ2n) is 6.86. The van der Waals surface area contributed by atoms with Gasteiger partial charge in [0, 0.05) is 17.7 Å². The maximum absolute atomic E-state index is 12.3. The normalized spacial score (nSPS) is 14.9. The topological polar surface area (TPSA) is 108 Å². The number of fused-ring (bicyclic) bond motifs is 1. The van der Waals surface area contributed by atoms with E-state index in [1.54, 1.807) is 36.4 Å². The lowest BCUT2D eigenvalue weighted by atomic mass is 10.1. The Bertz CT molecular complexity index is 948. The van der Waals surface area contributed by atoms with Gasteiger partial charge >= 0.3 is 6.03 Å². The standard InChI is InChI=1S/C20H21N3O4/c24-11-15(9-12-1-6-16(25)7-2-12)22-20(26)21-14-5-8-17-18(10-14)27-19(23-17)13-3-4-13/h1-2,5-8,10,13,15,24-25H,3-4,9,11H2,(H2,21,22,26)/t15-/m0/s1. The Balaban J connectivity index is 1.38. The summed E-state index contributed by atoms with van der Waals surface area (Å²) in [5.74, 6) is 1.38. The Morgan fingerprint density at radius 3 is 2.70 bits per heavy atom. The van der Waals surface area contributed by atoms with Crippen LogP contribution < -0.4 is 10.6 Å². The predicted octanol–water partition coefficient (Wildman–Crippen LogP) is 3.14. The number of oxazole rings is 1. The molecule has 7 nitrogen and oxygen atoms in total. The van der Waals surface area contributed by atoms with E-state index >= 15 is 0 Å². The number of aromatic nitrogens is 1. The number of aliphatic hydroxyl groups is 1. The van der Waals surface area contributed by atoms with Crippen molar-refractivity contribution < 1.29 is 19.4 Å². The van der Waals surface area contributed by atoms with Crippen molar-refractivity contribution in [3.63, 3.8) is 0 Å². The van der Waals surface area contributed by atoms with E-state index < -0.39 is 12.1 Å². The minimum Gasteiger partial charge on any atom is -0.508 e. The Kier molecular flexibility index (Phi) is 4.68. The van der Waals surface area contributed by atoms with Crippen LogP contribution in [0, 0.1) is 0 Å². The van der Waals surface area contributed by atoms with E-state index in [2.05, 4.69) is 15.6 Å². The van der Waals surface area contributed by atoms with Crippen LogP contribution in [-0.2, 0) is 6.42 Å². The molecule has 2 amide bonds. The van der Waals surface area contributed by atoms with Crippen LogP contribution in [0.15, 0.2) is 46.9 Å². The number of carbonyl (C=O) groups is 1. The number of carbonyl (C=O) groups excluding carboxylic acids is 1. The zero-order chi connectivity index (χ0) is 18.8. The van der Waals surface area contributed by atoms with Gasteiger partial charge in [-0.3, -0.25) is 0 Å². The fourth-order valence-electron chi connectivity index (χ4n) is 2.96. The molecule has 0 saturated heterocycles. The molecule has 1 aliphatic rings. The number of rotatable bonds is 6. The molecule has 0 spiro atoms. The molecule has 1 atom stereocenters. The summed E-state index contributed by atoms with van der Waals surface area (Å²) in [7, 11) is 0. The molecule has 1 fully saturated rings. The summed E-state index contributed by atoms with van der Waals surface area (Å²) in [4.78, 5) is 16.7. The second-order valence-corrected chi connectivity index (χ2v) is 6.86. The van der Waals surface area contributed by atoms with Gasteiger partial charge in [-0.25, -0.2) is 9.78 Å². The highest BCUT2D eigenvalue weighted by Gasteiger charge is 2.28. The third-order valence-electron chi connectivity index (χ3n) is 4.56. The zero-order valence-corrected chi connectivity index (χ0v) is 14.7. The molecule has 140 valence electrons. The molecule has 0 bridgehead atoms. The monoisotopic (exact) mass is 367 g/mol. The smallest absolute Gasteiger partial charge is 0.319 e. The number of hydrogen-bond acceptors (Lipinski definition) is 5. The number of nitrogens with one attached hydrogen (secondary N) is 2. The summed E-state index contributed by atoms with van der Waals surface area (Å²) in [6, 6.07) is 11.2. The van der Waals surface area contributed by atoms with Crippen LogP contribution >= 0.6 is 0 Å². The van der Waals surface area contributed by atoms with E-state index in [0.29, 0.717) is 23.6 Å². The van der Waals surface area contributed by atoms with Gasteiger partial charge in [0.1, 0.15) is 11.3 Å². The van der Waals surface area contributed by atoms with E-state index in [9.17, 15) is 15.0 Å². The van der Waals surface area contributed by atoms with Gasteiger partial charge in [0.15, 0.2) is 11.5 Å². The quantitative estimate of drug-likeness (QED) is 0.535. The second kappa shape index (κ2) is 7.28. The minimum absolute atomic E-state index is 0.178. The van der Waals surface area contributed by atoms with Gasteiger partial charge < -0.3 is 25.3 Å². The third kappa shape index (κ3) is 4.20. The van der Waals surface area contributed by atoms with Crippen LogP contribution in [0.5, 0.6) is 5.75 Å². The van der Waals surface area contributed by atoms with Crippen molar-refractivity contribution in [3.8, 4) is 5.75 Å². The number of nitrogens with zero attached hydrogens (tertiary/aromatic N) is 1. The van der Waals surface area contributed by atoms with Gasteiger partial charge in [-0.05, 0) is 49.1 Å². The summed E-state index contributed by atoms with van der Waals surface area (Å²) >= 11 is 0. The number of anilines is 1.